The molecule has 1 aliphatic rings. The second-order valence-electron chi connectivity index (χ2n) is 9.07. The highest BCUT2D eigenvalue weighted by atomic mass is 35.5. The molecule has 1 aromatic heterocycles. The monoisotopic (exact) mass is 474 g/mol. The lowest BCUT2D eigenvalue weighted by Crippen LogP contribution is -2.36. The van der Waals surface area contributed by atoms with E-state index in [2.05, 4.69) is 31.4 Å². The highest BCUT2D eigenvalue weighted by molar-refractivity contribution is 6.31. The summed E-state index contributed by atoms with van der Waals surface area (Å²) in [4.78, 5) is 13.0. The minimum Gasteiger partial charge on any atom is -0.325 e. The van der Waals surface area contributed by atoms with Crippen molar-refractivity contribution in [1.29, 1.82) is 0 Å². The molecule has 1 fully saturated rings. The minimum absolute atomic E-state index is 0.0653. The molecule has 2 N–H and O–H groups in total. The Labute approximate surface area is 196 Å². The minimum atomic E-state index is -0.489. The van der Waals surface area contributed by atoms with E-state index >= 15 is 0 Å². The summed E-state index contributed by atoms with van der Waals surface area (Å²) in [5.41, 5.74) is 2.03. The maximum absolute atomic E-state index is 14.2. The molecule has 1 aliphatic heterocycles. The van der Waals surface area contributed by atoms with Crippen molar-refractivity contribution in [2.24, 2.45) is 0 Å². The van der Waals surface area contributed by atoms with Gasteiger partial charge in [0.25, 0.3) is 0 Å². The maximum atomic E-state index is 14.2. The van der Waals surface area contributed by atoms with E-state index in [-0.39, 0.29) is 28.4 Å². The number of nitrogens with zero attached hydrogens (tertiary/aromatic N) is 2. The number of hydrogen-bond acceptors (Lipinski definition) is 3. The van der Waals surface area contributed by atoms with Gasteiger partial charge in [-0.2, -0.15) is 5.10 Å². The first-order valence-electron chi connectivity index (χ1n) is 10.5. The number of nitrogens with one attached hydrogen (secondary N) is 2. The van der Waals surface area contributed by atoms with Crippen molar-refractivity contribution in [2.75, 3.05) is 5.32 Å². The molecule has 2 heterocycles. The molecule has 32 heavy (non-hydrogen) atoms. The summed E-state index contributed by atoms with van der Waals surface area (Å²) >= 11 is 11.9. The Morgan fingerprint density at radius 2 is 1.97 bits per heavy atom. The highest BCUT2D eigenvalue weighted by Gasteiger charge is 2.40. The van der Waals surface area contributed by atoms with Crippen LogP contribution in [0.3, 0.4) is 0 Å². The summed E-state index contributed by atoms with van der Waals surface area (Å²) in [5, 5.41) is 11.7. The Morgan fingerprint density at radius 1 is 1.19 bits per heavy atom. The van der Waals surface area contributed by atoms with E-state index < -0.39 is 11.9 Å². The van der Waals surface area contributed by atoms with Gasteiger partial charge in [0, 0.05) is 28.9 Å². The third-order valence-corrected chi connectivity index (χ3v) is 6.20. The Bertz CT molecular complexity index is 1140. The maximum Gasteiger partial charge on any atom is 0.241 e. The largest absolute Gasteiger partial charge is 0.325 e. The van der Waals surface area contributed by atoms with Crippen molar-refractivity contribution in [1.82, 2.24) is 15.1 Å². The predicted octanol–water partition coefficient (Wildman–Crippen LogP) is 5.91. The lowest BCUT2D eigenvalue weighted by molar-refractivity contribution is -0.117. The van der Waals surface area contributed by atoms with Crippen molar-refractivity contribution in [2.45, 2.75) is 50.7 Å². The van der Waals surface area contributed by atoms with E-state index in [1.807, 2.05) is 16.9 Å². The van der Waals surface area contributed by atoms with Crippen molar-refractivity contribution < 1.29 is 9.18 Å². The van der Waals surface area contributed by atoms with E-state index in [4.69, 9.17) is 28.3 Å². The number of carbonyl (C=O) groups is 1. The van der Waals surface area contributed by atoms with Crippen LogP contribution < -0.4 is 10.6 Å². The molecule has 0 spiro atoms. The summed E-state index contributed by atoms with van der Waals surface area (Å²) in [7, 11) is 0. The second kappa shape index (κ2) is 8.85. The van der Waals surface area contributed by atoms with Crippen LogP contribution in [0.15, 0.2) is 54.7 Å². The SMILES string of the molecule is CC(C)(C)n1ccc([C@H]2C[C@@H](C(=O)Nc3cccc(Cl)c3)N[C@H]2c2ccc(Cl)c(F)c2)n1. The summed E-state index contributed by atoms with van der Waals surface area (Å²) < 4.78 is 16.1. The molecule has 2 aromatic carbocycles. The van der Waals surface area contributed by atoms with Crippen LogP contribution in [0, 0.1) is 5.82 Å². The van der Waals surface area contributed by atoms with Gasteiger partial charge in [0.15, 0.2) is 0 Å². The Morgan fingerprint density at radius 3 is 2.62 bits per heavy atom. The molecule has 4 rings (SSSR count). The number of hydrogen-bond donors (Lipinski definition) is 2. The first-order chi connectivity index (χ1) is 15.1. The van der Waals surface area contributed by atoms with Gasteiger partial charge in [-0.15, -0.1) is 0 Å². The van der Waals surface area contributed by atoms with Crippen molar-refractivity contribution in [3.8, 4) is 0 Å². The summed E-state index contributed by atoms with van der Waals surface area (Å²) in [6.45, 7) is 6.22. The molecule has 8 heteroatoms. The van der Waals surface area contributed by atoms with Crippen molar-refractivity contribution in [3.63, 3.8) is 0 Å². The van der Waals surface area contributed by atoms with Crippen LogP contribution in [-0.4, -0.2) is 21.7 Å². The zero-order valence-electron chi connectivity index (χ0n) is 18.1. The van der Waals surface area contributed by atoms with Crippen LogP contribution in [0.4, 0.5) is 10.1 Å². The van der Waals surface area contributed by atoms with Gasteiger partial charge in [-0.1, -0.05) is 35.3 Å². The lowest BCUT2D eigenvalue weighted by Gasteiger charge is -2.21. The first kappa shape index (κ1) is 22.8. The van der Waals surface area contributed by atoms with E-state index in [0.717, 1.165) is 11.3 Å². The number of carbonyl (C=O) groups excluding carboxylic acids is 1. The first-order valence-corrected chi connectivity index (χ1v) is 11.2. The highest BCUT2D eigenvalue weighted by Crippen LogP contribution is 2.41. The molecule has 0 unspecified atom stereocenters. The van der Waals surface area contributed by atoms with Gasteiger partial charge in [-0.3, -0.25) is 14.8 Å². The van der Waals surface area contributed by atoms with Gasteiger partial charge in [-0.25, -0.2) is 4.39 Å². The van der Waals surface area contributed by atoms with Crippen LogP contribution in [0.5, 0.6) is 0 Å². The van der Waals surface area contributed by atoms with Gasteiger partial charge >= 0.3 is 0 Å². The number of rotatable bonds is 4. The Hall–Kier alpha value is -2.41. The molecule has 1 amide bonds. The van der Waals surface area contributed by atoms with Gasteiger partial charge < -0.3 is 5.32 Å². The van der Waals surface area contributed by atoms with Crippen LogP contribution >= 0.6 is 23.2 Å². The number of halogens is 3. The number of benzene rings is 2. The number of amides is 1. The topological polar surface area (TPSA) is 59.0 Å². The van der Waals surface area contributed by atoms with Crippen LogP contribution in [0.1, 0.15) is 50.4 Å². The third kappa shape index (κ3) is 4.82. The average molecular weight is 475 g/mol. The molecule has 0 aliphatic carbocycles. The van der Waals surface area contributed by atoms with Crippen LogP contribution in [-0.2, 0) is 10.3 Å². The summed E-state index contributed by atoms with van der Waals surface area (Å²) in [6, 6.07) is 12.9. The van der Waals surface area contributed by atoms with E-state index in [1.54, 1.807) is 30.3 Å². The zero-order valence-corrected chi connectivity index (χ0v) is 19.6. The molecule has 0 saturated carbocycles. The fraction of sp³-hybridized carbons (Fsp3) is 0.333. The van der Waals surface area contributed by atoms with Crippen molar-refractivity contribution >= 4 is 34.8 Å². The van der Waals surface area contributed by atoms with Crippen LogP contribution in [0.2, 0.25) is 10.0 Å². The molecule has 0 bridgehead atoms. The van der Waals surface area contributed by atoms with Crippen LogP contribution in [0.25, 0.3) is 0 Å². The van der Waals surface area contributed by atoms with Gasteiger partial charge in [-0.05, 0) is 69.2 Å². The normalized spacial score (nSPS) is 21.0. The lowest BCUT2D eigenvalue weighted by atomic mass is 9.90. The van der Waals surface area contributed by atoms with Gasteiger partial charge in [0.2, 0.25) is 5.91 Å². The van der Waals surface area contributed by atoms with E-state index in [0.29, 0.717) is 17.1 Å². The van der Waals surface area contributed by atoms with Crippen molar-refractivity contribution in [3.05, 3.63) is 81.8 Å². The summed E-state index contributed by atoms with van der Waals surface area (Å²) in [5.74, 6) is -0.782. The fourth-order valence-electron chi connectivity index (χ4n) is 4.00. The average Bonchev–Trinajstić information content (AvgIpc) is 3.37. The molecule has 0 radical (unpaired) electrons. The smallest absolute Gasteiger partial charge is 0.241 e. The molecular weight excluding hydrogens is 450 g/mol. The number of anilines is 1. The Kier molecular flexibility index (Phi) is 6.30. The second-order valence-corrected chi connectivity index (χ2v) is 9.91. The molecule has 168 valence electrons. The standard InChI is InChI=1S/C24H25Cl2FN4O/c1-24(2,3)31-10-9-20(30-31)17-13-21(23(32)28-16-6-4-5-15(25)12-16)29-22(17)14-7-8-18(26)19(27)11-14/h4-12,17,21-22,29H,13H2,1-3H3,(H,28,32)/t17-,21+,22+/m1/s1. The summed E-state index contributed by atoms with van der Waals surface area (Å²) in [6.07, 6.45) is 2.46. The van der Waals surface area contributed by atoms with E-state index in [9.17, 15) is 9.18 Å². The predicted molar refractivity (Wildman–Crippen MR) is 126 cm³/mol. The van der Waals surface area contributed by atoms with Gasteiger partial charge in [0.05, 0.1) is 22.3 Å². The molecule has 1 saturated heterocycles. The third-order valence-electron chi connectivity index (χ3n) is 5.66. The molecule has 3 atom stereocenters. The molecular formula is C24H25Cl2FN4O. The Balaban J connectivity index is 1.63. The fourth-order valence-corrected chi connectivity index (χ4v) is 4.31. The zero-order chi connectivity index (χ0) is 23.0. The van der Waals surface area contributed by atoms with Gasteiger partial charge in [0.1, 0.15) is 5.82 Å². The molecule has 3 aromatic rings. The van der Waals surface area contributed by atoms with E-state index in [1.165, 1.54) is 12.1 Å². The number of aromatic nitrogens is 2. The quantitative estimate of drug-likeness (QED) is 0.493. The molecule has 5 nitrogen and oxygen atoms in total.